The highest BCUT2D eigenvalue weighted by atomic mass is 16.6. The fourth-order valence-electron chi connectivity index (χ4n) is 2.50. The molecular weight excluding hydrogens is 168 g/mol. The Balaban J connectivity index is 2.21. The van der Waals surface area contributed by atoms with Gasteiger partial charge in [0.25, 0.3) is 0 Å². The summed E-state index contributed by atoms with van der Waals surface area (Å²) in [5.74, 6) is 0.0849. The Morgan fingerprint density at radius 1 is 1.38 bits per heavy atom. The summed E-state index contributed by atoms with van der Waals surface area (Å²) in [6.45, 7) is 0. The minimum atomic E-state index is -0.742. The van der Waals surface area contributed by atoms with Crippen molar-refractivity contribution in [2.45, 2.75) is 44.1 Å². The minimum absolute atomic E-state index is 0.203. The molecule has 0 amide bonds. The molecule has 2 atom stereocenters. The number of fused-ring (bicyclic) bond motifs is 1. The van der Waals surface area contributed by atoms with Gasteiger partial charge in [-0.3, -0.25) is 9.59 Å². The summed E-state index contributed by atoms with van der Waals surface area (Å²) < 4.78 is 5.22. The van der Waals surface area contributed by atoms with Crippen molar-refractivity contribution in [3.8, 4) is 0 Å². The molecule has 3 nitrogen and oxygen atoms in total. The highest BCUT2D eigenvalue weighted by Gasteiger charge is 2.46. The Hall–Kier alpha value is -0.860. The molecule has 0 radical (unpaired) electrons. The van der Waals surface area contributed by atoms with Gasteiger partial charge in [-0.05, 0) is 25.7 Å². The predicted octanol–water partition coefficient (Wildman–Crippen LogP) is 1.45. The number of carbonyl (C=O) groups is 2. The van der Waals surface area contributed by atoms with E-state index in [9.17, 15) is 9.59 Å². The third-order valence-corrected chi connectivity index (χ3v) is 3.26. The molecule has 1 aliphatic heterocycles. The van der Waals surface area contributed by atoms with E-state index in [1.807, 2.05) is 0 Å². The van der Waals surface area contributed by atoms with E-state index in [2.05, 4.69) is 0 Å². The maximum atomic E-state index is 11.1. The normalized spacial score (nSPS) is 39.1. The second-order valence-corrected chi connectivity index (χ2v) is 4.03. The van der Waals surface area contributed by atoms with E-state index in [1.165, 1.54) is 0 Å². The first-order chi connectivity index (χ1) is 6.27. The second kappa shape index (κ2) is 3.13. The standard InChI is InChI=1S/C10H14O3/c11-7-10-6-2-1-3-8(10)4-5-9(12)13-10/h7-8H,1-6H2. The van der Waals surface area contributed by atoms with Crippen LogP contribution in [0.15, 0.2) is 0 Å². The molecule has 1 heterocycles. The van der Waals surface area contributed by atoms with Crippen molar-refractivity contribution >= 4 is 12.3 Å². The fourth-order valence-corrected chi connectivity index (χ4v) is 2.50. The molecule has 0 N–H and O–H groups in total. The molecule has 13 heavy (non-hydrogen) atoms. The zero-order chi connectivity index (χ0) is 9.31. The molecule has 72 valence electrons. The number of ether oxygens (including phenoxy) is 1. The molecule has 3 heteroatoms. The average Bonchev–Trinajstić information content (AvgIpc) is 2.17. The lowest BCUT2D eigenvalue weighted by molar-refractivity contribution is -0.181. The van der Waals surface area contributed by atoms with Gasteiger partial charge in [0.15, 0.2) is 11.9 Å². The SMILES string of the molecule is O=CC12CCCCC1CCC(=O)O2. The van der Waals surface area contributed by atoms with Crippen LogP contribution in [0.5, 0.6) is 0 Å². The molecule has 2 unspecified atom stereocenters. The Morgan fingerprint density at radius 2 is 2.23 bits per heavy atom. The molecule has 2 fully saturated rings. The van der Waals surface area contributed by atoms with Crippen molar-refractivity contribution in [2.75, 3.05) is 0 Å². The van der Waals surface area contributed by atoms with Crippen LogP contribution in [0.1, 0.15) is 38.5 Å². The highest BCUT2D eigenvalue weighted by molar-refractivity contribution is 5.76. The maximum absolute atomic E-state index is 11.1. The quantitative estimate of drug-likeness (QED) is 0.455. The summed E-state index contributed by atoms with van der Waals surface area (Å²) in [4.78, 5) is 22.1. The number of aldehydes is 1. The lowest BCUT2D eigenvalue weighted by atomic mass is 9.72. The first-order valence-electron chi connectivity index (χ1n) is 4.95. The van der Waals surface area contributed by atoms with Crippen molar-refractivity contribution in [3.63, 3.8) is 0 Å². The van der Waals surface area contributed by atoms with Crippen LogP contribution in [0.2, 0.25) is 0 Å². The van der Waals surface area contributed by atoms with Crippen LogP contribution < -0.4 is 0 Å². The van der Waals surface area contributed by atoms with E-state index < -0.39 is 5.60 Å². The van der Waals surface area contributed by atoms with Crippen LogP contribution in [0.4, 0.5) is 0 Å². The third-order valence-electron chi connectivity index (χ3n) is 3.26. The molecule has 2 rings (SSSR count). The molecule has 0 aromatic heterocycles. The number of hydrogen-bond donors (Lipinski definition) is 0. The van der Waals surface area contributed by atoms with E-state index in [4.69, 9.17) is 4.74 Å². The van der Waals surface area contributed by atoms with Crippen LogP contribution in [-0.2, 0) is 14.3 Å². The third kappa shape index (κ3) is 1.36. The summed E-state index contributed by atoms with van der Waals surface area (Å²) in [7, 11) is 0. The van der Waals surface area contributed by atoms with Gasteiger partial charge < -0.3 is 4.74 Å². The van der Waals surface area contributed by atoms with Gasteiger partial charge in [0.2, 0.25) is 0 Å². The van der Waals surface area contributed by atoms with Gasteiger partial charge in [0, 0.05) is 12.3 Å². The molecule has 1 saturated heterocycles. The zero-order valence-corrected chi connectivity index (χ0v) is 7.62. The molecule has 0 spiro atoms. The van der Waals surface area contributed by atoms with Crippen LogP contribution in [-0.4, -0.2) is 17.9 Å². The first kappa shape index (κ1) is 8.73. The van der Waals surface area contributed by atoms with E-state index in [0.717, 1.165) is 38.4 Å². The van der Waals surface area contributed by atoms with Gasteiger partial charge in [0.1, 0.15) is 0 Å². The van der Waals surface area contributed by atoms with Gasteiger partial charge in [-0.15, -0.1) is 0 Å². The van der Waals surface area contributed by atoms with E-state index >= 15 is 0 Å². The maximum Gasteiger partial charge on any atom is 0.306 e. The second-order valence-electron chi connectivity index (χ2n) is 4.03. The Morgan fingerprint density at radius 3 is 3.00 bits per heavy atom. The van der Waals surface area contributed by atoms with Crippen molar-refractivity contribution in [3.05, 3.63) is 0 Å². The van der Waals surface area contributed by atoms with Gasteiger partial charge >= 0.3 is 5.97 Å². The number of hydrogen-bond acceptors (Lipinski definition) is 3. The molecule has 0 bridgehead atoms. The summed E-state index contributed by atoms with van der Waals surface area (Å²) in [6, 6.07) is 0. The lowest BCUT2D eigenvalue weighted by Crippen LogP contribution is -2.49. The Bertz CT molecular complexity index is 236. The smallest absolute Gasteiger partial charge is 0.306 e. The number of rotatable bonds is 1. The lowest BCUT2D eigenvalue weighted by Gasteiger charge is -2.42. The number of esters is 1. The largest absolute Gasteiger partial charge is 0.451 e. The summed E-state index contributed by atoms with van der Waals surface area (Å²) in [5, 5.41) is 0. The van der Waals surface area contributed by atoms with Crippen LogP contribution in [0.3, 0.4) is 0 Å². The summed E-state index contributed by atoms with van der Waals surface area (Å²) in [5.41, 5.74) is -0.742. The molecule has 0 aromatic carbocycles. The minimum Gasteiger partial charge on any atom is -0.451 e. The van der Waals surface area contributed by atoms with Gasteiger partial charge in [-0.2, -0.15) is 0 Å². The summed E-state index contributed by atoms with van der Waals surface area (Å²) >= 11 is 0. The van der Waals surface area contributed by atoms with E-state index in [0.29, 0.717) is 6.42 Å². The van der Waals surface area contributed by atoms with Crippen molar-refractivity contribution in [1.29, 1.82) is 0 Å². The Kier molecular flexibility index (Phi) is 2.10. The van der Waals surface area contributed by atoms with Crippen molar-refractivity contribution in [2.24, 2.45) is 5.92 Å². The van der Waals surface area contributed by atoms with E-state index in [-0.39, 0.29) is 11.9 Å². The van der Waals surface area contributed by atoms with Crippen molar-refractivity contribution < 1.29 is 14.3 Å². The van der Waals surface area contributed by atoms with Crippen molar-refractivity contribution in [1.82, 2.24) is 0 Å². The molecule has 0 aromatic rings. The molecular formula is C10H14O3. The average molecular weight is 182 g/mol. The predicted molar refractivity (Wildman–Crippen MR) is 46.1 cm³/mol. The summed E-state index contributed by atoms with van der Waals surface area (Å²) in [6.07, 6.45) is 6.10. The van der Waals surface area contributed by atoms with Crippen LogP contribution in [0.25, 0.3) is 0 Å². The van der Waals surface area contributed by atoms with Crippen LogP contribution >= 0.6 is 0 Å². The molecule has 2 aliphatic rings. The molecule has 1 aliphatic carbocycles. The Labute approximate surface area is 77.4 Å². The van der Waals surface area contributed by atoms with Crippen LogP contribution in [0, 0.1) is 5.92 Å². The fraction of sp³-hybridized carbons (Fsp3) is 0.800. The van der Waals surface area contributed by atoms with Gasteiger partial charge in [-0.25, -0.2) is 0 Å². The molecule has 1 saturated carbocycles. The zero-order valence-electron chi connectivity index (χ0n) is 7.62. The van der Waals surface area contributed by atoms with Gasteiger partial charge in [-0.1, -0.05) is 6.42 Å². The number of carbonyl (C=O) groups excluding carboxylic acids is 2. The highest BCUT2D eigenvalue weighted by Crippen LogP contribution is 2.41. The monoisotopic (exact) mass is 182 g/mol. The topological polar surface area (TPSA) is 43.4 Å². The van der Waals surface area contributed by atoms with Gasteiger partial charge in [0.05, 0.1) is 0 Å². The van der Waals surface area contributed by atoms with E-state index in [1.54, 1.807) is 0 Å². The first-order valence-corrected chi connectivity index (χ1v) is 4.95.